The van der Waals surface area contributed by atoms with Gasteiger partial charge in [0.2, 0.25) is 0 Å². The Hall–Kier alpha value is -3.68. The fourth-order valence-electron chi connectivity index (χ4n) is 3.84. The lowest BCUT2D eigenvalue weighted by atomic mass is 10.0. The summed E-state index contributed by atoms with van der Waals surface area (Å²) in [5, 5.41) is 11.7. The van der Waals surface area contributed by atoms with Gasteiger partial charge in [0, 0.05) is 60.7 Å². The van der Waals surface area contributed by atoms with Gasteiger partial charge in [-0.25, -0.2) is 0 Å². The van der Waals surface area contributed by atoms with Crippen LogP contribution in [0, 0.1) is 5.41 Å². The number of ether oxygens (including phenoxy) is 1. The lowest BCUT2D eigenvalue weighted by Crippen LogP contribution is -2.45. The molecule has 1 saturated heterocycles. The van der Waals surface area contributed by atoms with Crippen LogP contribution in [-0.2, 0) is 11.2 Å². The highest BCUT2D eigenvalue weighted by Gasteiger charge is 2.22. The van der Waals surface area contributed by atoms with E-state index in [2.05, 4.69) is 39.5 Å². The monoisotopic (exact) mass is 442 g/mol. The third-order valence-electron chi connectivity index (χ3n) is 5.78. The van der Waals surface area contributed by atoms with Crippen LogP contribution in [0.2, 0.25) is 0 Å². The molecule has 0 bridgehead atoms. The molecule has 1 fully saturated rings. The number of hydrogen-bond donors (Lipinski definition) is 4. The van der Waals surface area contributed by atoms with Crippen LogP contribution in [0.25, 0.3) is 0 Å². The number of nitrogens with one attached hydrogen (secondary N) is 2. The Labute approximate surface area is 194 Å². The van der Waals surface area contributed by atoms with Crippen molar-refractivity contribution in [2.45, 2.75) is 12.5 Å². The summed E-state index contributed by atoms with van der Waals surface area (Å²) in [6, 6.07) is 19.6. The van der Waals surface area contributed by atoms with E-state index in [-0.39, 0.29) is 6.10 Å². The summed E-state index contributed by atoms with van der Waals surface area (Å²) in [4.78, 5) is 6.40. The molecule has 2 heterocycles. The molecule has 170 valence electrons. The zero-order valence-electron chi connectivity index (χ0n) is 18.6. The second-order valence-electron chi connectivity index (χ2n) is 8.10. The summed E-state index contributed by atoms with van der Waals surface area (Å²) >= 11 is 0. The van der Waals surface area contributed by atoms with E-state index in [4.69, 9.17) is 21.6 Å². The number of rotatable bonds is 8. The van der Waals surface area contributed by atoms with Gasteiger partial charge in [0.05, 0.1) is 18.0 Å². The maximum Gasteiger partial charge on any atom is 0.111 e. The number of morpholine rings is 1. The molecule has 7 nitrogen and oxygen atoms in total. The average molecular weight is 443 g/mol. The summed E-state index contributed by atoms with van der Waals surface area (Å²) < 4.78 is 5.91. The van der Waals surface area contributed by atoms with Crippen LogP contribution in [0.3, 0.4) is 0 Å². The summed E-state index contributed by atoms with van der Waals surface area (Å²) in [6.45, 7) is 3.30. The highest BCUT2D eigenvalue weighted by Crippen LogP contribution is 2.21. The fraction of sp³-hybridized carbons (Fsp3) is 0.231. The lowest BCUT2D eigenvalue weighted by molar-refractivity contribution is -0.00935. The minimum Gasteiger partial charge on any atom is -0.399 e. The number of nitrogens with zero attached hydrogens (tertiary/aromatic N) is 2. The van der Waals surface area contributed by atoms with Crippen LogP contribution in [0.5, 0.6) is 0 Å². The molecule has 0 aliphatic carbocycles. The average Bonchev–Trinajstić information content (AvgIpc) is 2.87. The van der Waals surface area contributed by atoms with Gasteiger partial charge in [-0.2, -0.15) is 0 Å². The number of hydrogen-bond acceptors (Lipinski definition) is 7. The van der Waals surface area contributed by atoms with Crippen LogP contribution in [0.4, 0.5) is 11.4 Å². The van der Waals surface area contributed by atoms with E-state index in [1.165, 1.54) is 5.56 Å². The lowest BCUT2D eigenvalue weighted by Gasteiger charge is -2.33. The molecule has 2 aromatic carbocycles. The molecular formula is C26H30N6O. The minimum absolute atomic E-state index is 0.162. The third kappa shape index (κ3) is 5.97. The molecule has 0 radical (unpaired) electrons. The molecule has 1 aliphatic rings. The van der Waals surface area contributed by atoms with Crippen LogP contribution in [0.1, 0.15) is 16.7 Å². The van der Waals surface area contributed by atoms with Gasteiger partial charge < -0.3 is 21.5 Å². The second kappa shape index (κ2) is 10.8. The predicted octanol–water partition coefficient (Wildman–Crippen LogP) is 3.24. The first-order valence-corrected chi connectivity index (χ1v) is 11.1. The van der Waals surface area contributed by atoms with Gasteiger partial charge in [-0.1, -0.05) is 30.3 Å². The zero-order chi connectivity index (χ0) is 23.0. The Kier molecular flexibility index (Phi) is 7.34. The van der Waals surface area contributed by atoms with Gasteiger partial charge >= 0.3 is 0 Å². The van der Waals surface area contributed by atoms with Crippen molar-refractivity contribution in [2.75, 3.05) is 37.3 Å². The molecule has 1 aliphatic heterocycles. The summed E-state index contributed by atoms with van der Waals surface area (Å²) in [5.41, 5.74) is 17.6. The van der Waals surface area contributed by atoms with Crippen molar-refractivity contribution in [3.05, 3.63) is 102 Å². The summed E-state index contributed by atoms with van der Waals surface area (Å²) in [6.07, 6.45) is 5.95. The van der Waals surface area contributed by atoms with Crippen LogP contribution in [-0.4, -0.2) is 47.9 Å². The number of nitrogen functional groups attached to an aromatic ring is 1. The third-order valence-corrected chi connectivity index (χ3v) is 5.78. The van der Waals surface area contributed by atoms with E-state index >= 15 is 0 Å². The van der Waals surface area contributed by atoms with E-state index < -0.39 is 0 Å². The van der Waals surface area contributed by atoms with Gasteiger partial charge in [0.25, 0.3) is 0 Å². The highest BCUT2D eigenvalue weighted by molar-refractivity contribution is 6.14. The maximum atomic E-state index is 8.51. The molecule has 33 heavy (non-hydrogen) atoms. The minimum atomic E-state index is -0.162. The van der Waals surface area contributed by atoms with Gasteiger partial charge in [-0.05, 0) is 42.3 Å². The Balaban J connectivity index is 1.37. The van der Waals surface area contributed by atoms with Crippen LogP contribution in [0.15, 0.2) is 85.0 Å². The van der Waals surface area contributed by atoms with Crippen molar-refractivity contribution in [1.82, 2.24) is 9.88 Å². The molecule has 3 aromatic rings. The maximum absolute atomic E-state index is 8.51. The quantitative estimate of drug-likeness (QED) is 0.315. The van der Waals surface area contributed by atoms with Crippen molar-refractivity contribution in [2.24, 2.45) is 5.73 Å². The number of nitrogens with two attached hydrogens (primary N) is 2. The van der Waals surface area contributed by atoms with Crippen molar-refractivity contribution < 1.29 is 4.74 Å². The second-order valence-corrected chi connectivity index (χ2v) is 8.10. The first-order chi connectivity index (χ1) is 16.1. The van der Waals surface area contributed by atoms with E-state index in [0.717, 1.165) is 37.3 Å². The molecule has 6 N–H and O–H groups in total. The predicted molar refractivity (Wildman–Crippen MR) is 133 cm³/mol. The number of anilines is 2. The molecule has 1 aromatic heterocycles. The van der Waals surface area contributed by atoms with Crippen molar-refractivity contribution in [1.29, 1.82) is 5.41 Å². The van der Waals surface area contributed by atoms with Gasteiger partial charge in [-0.15, -0.1) is 0 Å². The number of benzene rings is 2. The molecule has 7 heteroatoms. The normalized spacial score (nSPS) is 17.0. The number of pyridine rings is 1. The standard InChI is InChI=1S/C26H30N6O/c27-23-7-6-21(16-22(23)26(29)20-8-11-30-12-9-20)31-17-24(28)25-18-32(14-15-33-25)13-10-19-4-2-1-3-5-19/h1-9,11-12,16-17,25,29,31H,10,13-15,18,27-28H2/b24-17-,29-26?. The van der Waals surface area contributed by atoms with Crippen molar-refractivity contribution in [3.8, 4) is 0 Å². The van der Waals surface area contributed by atoms with Crippen LogP contribution < -0.4 is 16.8 Å². The highest BCUT2D eigenvalue weighted by atomic mass is 16.5. The first-order valence-electron chi connectivity index (χ1n) is 11.1. The smallest absolute Gasteiger partial charge is 0.111 e. The summed E-state index contributed by atoms with van der Waals surface area (Å²) in [5.74, 6) is 0. The Bertz CT molecular complexity index is 1100. The summed E-state index contributed by atoms with van der Waals surface area (Å²) in [7, 11) is 0. The first kappa shape index (κ1) is 22.5. The Morgan fingerprint density at radius 2 is 1.94 bits per heavy atom. The van der Waals surface area contributed by atoms with Crippen molar-refractivity contribution in [3.63, 3.8) is 0 Å². The van der Waals surface area contributed by atoms with Gasteiger partial charge in [0.1, 0.15) is 6.10 Å². The van der Waals surface area contributed by atoms with Gasteiger partial charge in [-0.3, -0.25) is 15.3 Å². The molecule has 4 rings (SSSR count). The molecule has 1 atom stereocenters. The molecule has 1 unspecified atom stereocenters. The van der Waals surface area contributed by atoms with Gasteiger partial charge in [0.15, 0.2) is 0 Å². The molecule has 0 saturated carbocycles. The topological polar surface area (TPSA) is 113 Å². The van der Waals surface area contributed by atoms with Crippen LogP contribution >= 0.6 is 0 Å². The Morgan fingerprint density at radius 3 is 2.73 bits per heavy atom. The molecule has 0 spiro atoms. The molecule has 0 amide bonds. The SMILES string of the molecule is N=C(c1ccncc1)c1cc(N/C=C(\N)C2CN(CCc3ccccc3)CCO2)ccc1N. The van der Waals surface area contributed by atoms with E-state index in [0.29, 0.717) is 29.3 Å². The zero-order valence-corrected chi connectivity index (χ0v) is 18.6. The van der Waals surface area contributed by atoms with E-state index in [9.17, 15) is 0 Å². The van der Waals surface area contributed by atoms with Crippen molar-refractivity contribution >= 4 is 17.1 Å². The largest absolute Gasteiger partial charge is 0.399 e. The Morgan fingerprint density at radius 1 is 1.15 bits per heavy atom. The van der Waals surface area contributed by atoms with E-state index in [1.807, 2.05) is 18.2 Å². The fourth-order valence-corrected chi connectivity index (χ4v) is 3.84. The molecular weight excluding hydrogens is 412 g/mol. The van der Waals surface area contributed by atoms with E-state index in [1.54, 1.807) is 36.8 Å². The number of aromatic nitrogens is 1.